The average molecular weight is 636 g/mol. The van der Waals surface area contributed by atoms with E-state index in [2.05, 4.69) is 14.9 Å². The number of halogens is 2. The second-order valence-corrected chi connectivity index (χ2v) is 12.9. The second-order valence-electron chi connectivity index (χ2n) is 12.9. The van der Waals surface area contributed by atoms with Crippen LogP contribution in [0.1, 0.15) is 38.5 Å². The molecule has 8 nitrogen and oxygen atoms in total. The standard InChI is InChI=1S/C37H35F2N5O3/c38-29-15-5-10-24-9-4-14-27(30(24)29)32-31(39)33-28(21-40-32)34(42-36(41-33)46-23-37-16-7-19-44(37)20-8-17-37)43-18-6-11-25(22-43)35(45)47-26-12-2-1-3-13-26/h1-5,9-10,12-15,21,25H,6-8,11,16-20,22-23H2. The van der Waals surface area contributed by atoms with Crippen molar-refractivity contribution in [2.24, 2.45) is 5.92 Å². The van der Waals surface area contributed by atoms with E-state index in [1.807, 2.05) is 23.1 Å². The minimum absolute atomic E-state index is 0.00288. The first-order valence-corrected chi connectivity index (χ1v) is 16.4. The molecule has 0 radical (unpaired) electrons. The summed E-state index contributed by atoms with van der Waals surface area (Å²) in [4.78, 5) is 31.7. The summed E-state index contributed by atoms with van der Waals surface area (Å²) < 4.78 is 43.8. The van der Waals surface area contributed by atoms with E-state index in [4.69, 9.17) is 14.5 Å². The van der Waals surface area contributed by atoms with E-state index in [0.29, 0.717) is 59.4 Å². The molecular formula is C37H35F2N5O3. The van der Waals surface area contributed by atoms with E-state index >= 15 is 8.78 Å². The van der Waals surface area contributed by atoms with Crippen molar-refractivity contribution in [3.63, 3.8) is 0 Å². The molecule has 3 aliphatic heterocycles. The number of piperidine rings is 1. The molecule has 0 bridgehead atoms. The van der Waals surface area contributed by atoms with Gasteiger partial charge in [-0.15, -0.1) is 0 Å². The highest BCUT2D eigenvalue weighted by Crippen LogP contribution is 2.40. The molecule has 0 spiro atoms. The van der Waals surface area contributed by atoms with Crippen LogP contribution < -0.4 is 14.4 Å². The summed E-state index contributed by atoms with van der Waals surface area (Å²) >= 11 is 0. The van der Waals surface area contributed by atoms with Crippen LogP contribution in [0.5, 0.6) is 11.8 Å². The molecule has 1 atom stereocenters. The molecule has 240 valence electrons. The largest absolute Gasteiger partial charge is 0.461 e. The molecule has 47 heavy (non-hydrogen) atoms. The zero-order valence-corrected chi connectivity index (χ0v) is 26.0. The number of anilines is 1. The summed E-state index contributed by atoms with van der Waals surface area (Å²) in [6, 6.07) is 19.1. The van der Waals surface area contributed by atoms with E-state index in [9.17, 15) is 4.79 Å². The molecule has 3 saturated heterocycles. The number of rotatable bonds is 7. The molecule has 0 aliphatic carbocycles. The van der Waals surface area contributed by atoms with Crippen LogP contribution in [0.4, 0.5) is 14.6 Å². The van der Waals surface area contributed by atoms with Crippen LogP contribution in [0, 0.1) is 17.6 Å². The summed E-state index contributed by atoms with van der Waals surface area (Å²) in [6.45, 7) is 3.46. The predicted octanol–water partition coefficient (Wildman–Crippen LogP) is 6.95. The number of carbonyl (C=O) groups excluding carboxylic acids is 1. The SMILES string of the molecule is O=C(Oc1ccccc1)C1CCCN(c2nc(OCC34CCCN3CCC4)nc3c(F)c(-c4cccc5cccc(F)c45)ncc23)C1. The highest BCUT2D eigenvalue weighted by molar-refractivity contribution is 5.99. The Morgan fingerprint density at radius 2 is 1.70 bits per heavy atom. The Hall–Kier alpha value is -4.70. The van der Waals surface area contributed by atoms with Crippen molar-refractivity contribution in [3.8, 4) is 23.0 Å². The van der Waals surface area contributed by atoms with Gasteiger partial charge in [0.05, 0.1) is 16.8 Å². The maximum atomic E-state index is 16.7. The van der Waals surface area contributed by atoms with E-state index in [1.165, 1.54) is 6.07 Å². The second kappa shape index (κ2) is 12.2. The number of ether oxygens (including phenoxy) is 2. The third-order valence-electron chi connectivity index (χ3n) is 10.0. The summed E-state index contributed by atoms with van der Waals surface area (Å²) in [5, 5.41) is 1.34. The Balaban J connectivity index is 1.19. The fourth-order valence-corrected chi connectivity index (χ4v) is 7.72. The van der Waals surface area contributed by atoms with Crippen molar-refractivity contribution in [2.75, 3.05) is 37.7 Å². The minimum Gasteiger partial charge on any atom is -0.461 e. The van der Waals surface area contributed by atoms with Crippen molar-refractivity contribution in [1.82, 2.24) is 19.9 Å². The van der Waals surface area contributed by atoms with Crippen molar-refractivity contribution in [1.29, 1.82) is 0 Å². The first-order valence-electron chi connectivity index (χ1n) is 16.4. The minimum atomic E-state index is -0.676. The van der Waals surface area contributed by atoms with Gasteiger partial charge in [-0.2, -0.15) is 9.97 Å². The van der Waals surface area contributed by atoms with Gasteiger partial charge in [0, 0.05) is 30.2 Å². The number of aromatic nitrogens is 3. The summed E-state index contributed by atoms with van der Waals surface area (Å²) in [5.41, 5.74) is 0.335. The Kier molecular flexibility index (Phi) is 7.67. The smallest absolute Gasteiger partial charge is 0.319 e. The van der Waals surface area contributed by atoms with E-state index in [0.717, 1.165) is 45.2 Å². The number of fused-ring (bicyclic) bond motifs is 3. The summed E-state index contributed by atoms with van der Waals surface area (Å²) in [6.07, 6.45) is 7.25. The molecule has 5 aromatic rings. The molecule has 8 rings (SSSR count). The van der Waals surface area contributed by atoms with Crippen molar-refractivity contribution >= 4 is 33.5 Å². The fraction of sp³-hybridized carbons (Fsp3) is 0.351. The Labute approximate surface area is 271 Å². The zero-order valence-electron chi connectivity index (χ0n) is 26.0. The van der Waals surface area contributed by atoms with Gasteiger partial charge in [0.25, 0.3) is 0 Å². The molecule has 0 N–H and O–H groups in total. The highest BCUT2D eigenvalue weighted by atomic mass is 19.1. The van der Waals surface area contributed by atoms with Gasteiger partial charge in [0.2, 0.25) is 0 Å². The third kappa shape index (κ3) is 5.44. The van der Waals surface area contributed by atoms with Crippen molar-refractivity contribution < 1.29 is 23.0 Å². The highest BCUT2D eigenvalue weighted by Gasteiger charge is 2.45. The van der Waals surface area contributed by atoms with Gasteiger partial charge in [-0.1, -0.05) is 48.5 Å². The average Bonchev–Trinajstić information content (AvgIpc) is 3.69. The first-order chi connectivity index (χ1) is 23.0. The maximum absolute atomic E-state index is 16.7. The molecule has 10 heteroatoms. The van der Waals surface area contributed by atoms with E-state index in [1.54, 1.807) is 48.7 Å². The summed E-state index contributed by atoms with van der Waals surface area (Å²) in [5.74, 6) is -0.901. The Bertz CT molecular complexity index is 1960. The molecule has 0 amide bonds. The van der Waals surface area contributed by atoms with Crippen LogP contribution >= 0.6 is 0 Å². The van der Waals surface area contributed by atoms with E-state index in [-0.39, 0.29) is 28.7 Å². The van der Waals surface area contributed by atoms with E-state index < -0.39 is 17.6 Å². The summed E-state index contributed by atoms with van der Waals surface area (Å²) in [7, 11) is 0. The number of hydrogen-bond acceptors (Lipinski definition) is 8. The van der Waals surface area contributed by atoms with Crippen LogP contribution in [0.3, 0.4) is 0 Å². The molecule has 3 aromatic carbocycles. The topological polar surface area (TPSA) is 80.7 Å². The number of hydrogen-bond donors (Lipinski definition) is 0. The molecule has 0 saturated carbocycles. The lowest BCUT2D eigenvalue weighted by atomic mass is 9.95. The van der Waals surface area contributed by atoms with Gasteiger partial charge < -0.3 is 14.4 Å². The van der Waals surface area contributed by atoms with Crippen LogP contribution in [0.2, 0.25) is 0 Å². The van der Waals surface area contributed by atoms with Gasteiger partial charge in [0.1, 0.15) is 35.2 Å². The Morgan fingerprint density at radius 3 is 2.51 bits per heavy atom. The van der Waals surface area contributed by atoms with Crippen LogP contribution in [0.15, 0.2) is 72.9 Å². The lowest BCUT2D eigenvalue weighted by molar-refractivity contribution is -0.139. The van der Waals surface area contributed by atoms with Crippen LogP contribution in [-0.2, 0) is 4.79 Å². The molecule has 1 unspecified atom stereocenters. The first kappa shape index (κ1) is 29.7. The van der Waals surface area contributed by atoms with Gasteiger partial charge in [0.15, 0.2) is 5.82 Å². The molecule has 3 aliphatic rings. The lowest BCUT2D eigenvalue weighted by Crippen LogP contribution is -2.43. The van der Waals surface area contributed by atoms with Crippen LogP contribution in [0.25, 0.3) is 32.9 Å². The monoisotopic (exact) mass is 635 g/mol. The fourth-order valence-electron chi connectivity index (χ4n) is 7.72. The maximum Gasteiger partial charge on any atom is 0.319 e. The molecule has 2 aromatic heterocycles. The number of para-hydroxylation sites is 1. The molecule has 3 fully saturated rings. The number of carbonyl (C=O) groups is 1. The third-order valence-corrected chi connectivity index (χ3v) is 10.0. The number of nitrogens with zero attached hydrogens (tertiary/aromatic N) is 5. The number of benzene rings is 3. The van der Waals surface area contributed by atoms with Gasteiger partial charge in [-0.25, -0.2) is 8.78 Å². The molecule has 5 heterocycles. The quantitative estimate of drug-likeness (QED) is 0.140. The normalized spacial score (nSPS) is 19.3. The van der Waals surface area contributed by atoms with Crippen molar-refractivity contribution in [2.45, 2.75) is 44.1 Å². The van der Waals surface area contributed by atoms with Crippen molar-refractivity contribution in [3.05, 3.63) is 84.6 Å². The number of esters is 1. The lowest BCUT2D eigenvalue weighted by Gasteiger charge is -2.33. The van der Waals surface area contributed by atoms with Gasteiger partial charge in [-0.3, -0.25) is 14.7 Å². The molecular weight excluding hydrogens is 600 g/mol. The Morgan fingerprint density at radius 1 is 0.915 bits per heavy atom. The number of pyridine rings is 1. The predicted molar refractivity (Wildman–Crippen MR) is 175 cm³/mol. The van der Waals surface area contributed by atoms with Gasteiger partial charge >= 0.3 is 12.0 Å². The van der Waals surface area contributed by atoms with Crippen LogP contribution in [-0.4, -0.2) is 64.1 Å². The van der Waals surface area contributed by atoms with Gasteiger partial charge in [-0.05, 0) is 75.2 Å². The zero-order chi connectivity index (χ0) is 32.0.